The van der Waals surface area contributed by atoms with Crippen molar-refractivity contribution in [3.8, 4) is 0 Å². The molecule has 4 rings (SSSR count). The summed E-state index contributed by atoms with van der Waals surface area (Å²) in [4.78, 5) is 21.3. The number of anilines is 2. The van der Waals surface area contributed by atoms with Gasteiger partial charge in [0.15, 0.2) is 0 Å². The van der Waals surface area contributed by atoms with Crippen LogP contribution in [-0.2, 0) is 4.79 Å². The van der Waals surface area contributed by atoms with Gasteiger partial charge in [-0.15, -0.1) is 11.3 Å². The van der Waals surface area contributed by atoms with E-state index in [1.54, 1.807) is 11.3 Å². The van der Waals surface area contributed by atoms with Crippen molar-refractivity contribution in [3.63, 3.8) is 0 Å². The van der Waals surface area contributed by atoms with E-state index in [1.807, 2.05) is 6.20 Å². The highest BCUT2D eigenvalue weighted by Crippen LogP contribution is 2.37. The second-order valence-corrected chi connectivity index (χ2v) is 9.34. The summed E-state index contributed by atoms with van der Waals surface area (Å²) < 4.78 is 0. The molecule has 4 nitrogen and oxygen atoms in total. The Morgan fingerprint density at radius 3 is 2.32 bits per heavy atom. The van der Waals surface area contributed by atoms with Gasteiger partial charge < -0.3 is 10.2 Å². The second-order valence-electron chi connectivity index (χ2n) is 8.45. The Kier molecular flexibility index (Phi) is 6.84. The van der Waals surface area contributed by atoms with Gasteiger partial charge in [0.05, 0.1) is 17.6 Å². The molecule has 3 heterocycles. The quantitative estimate of drug-likeness (QED) is 0.652. The normalized spacial score (nSPS) is 20.2. The predicted molar refractivity (Wildman–Crippen MR) is 119 cm³/mol. The van der Waals surface area contributed by atoms with Gasteiger partial charge in [-0.05, 0) is 43.6 Å². The number of nitrogens with zero attached hydrogens (tertiary/aromatic N) is 2. The summed E-state index contributed by atoms with van der Waals surface area (Å²) in [5, 5.41) is 6.60. The van der Waals surface area contributed by atoms with Crippen LogP contribution in [0.1, 0.15) is 77.0 Å². The van der Waals surface area contributed by atoms with Gasteiger partial charge in [-0.25, -0.2) is 4.98 Å². The lowest BCUT2D eigenvalue weighted by atomic mass is 9.91. The molecule has 2 aromatic heterocycles. The topological polar surface area (TPSA) is 45.2 Å². The van der Waals surface area contributed by atoms with E-state index < -0.39 is 0 Å². The molecule has 2 fully saturated rings. The first-order valence-corrected chi connectivity index (χ1v) is 12.1. The average Bonchev–Trinajstić information content (AvgIpc) is 3.21. The monoisotopic (exact) mass is 399 g/mol. The summed E-state index contributed by atoms with van der Waals surface area (Å²) in [5.41, 5.74) is 2.11. The maximum Gasteiger partial charge on any atom is 0.227 e. The molecular formula is C23H33N3OS. The highest BCUT2D eigenvalue weighted by Gasteiger charge is 2.23. The maximum absolute atomic E-state index is 13.2. The van der Waals surface area contributed by atoms with Crippen LogP contribution in [0, 0.1) is 5.92 Å². The molecule has 5 heteroatoms. The number of carbonyl (C=O) groups is 1. The van der Waals surface area contributed by atoms with Crippen LogP contribution in [0.2, 0.25) is 0 Å². The third kappa shape index (κ3) is 4.68. The predicted octanol–water partition coefficient (Wildman–Crippen LogP) is 6.37. The molecule has 0 bridgehead atoms. The molecule has 0 unspecified atom stereocenters. The van der Waals surface area contributed by atoms with E-state index in [0.29, 0.717) is 0 Å². The van der Waals surface area contributed by atoms with Crippen molar-refractivity contribution in [1.82, 2.24) is 4.98 Å². The molecule has 0 radical (unpaired) electrons. The zero-order valence-corrected chi connectivity index (χ0v) is 17.7. The van der Waals surface area contributed by atoms with Gasteiger partial charge in [0.1, 0.15) is 4.83 Å². The summed E-state index contributed by atoms with van der Waals surface area (Å²) in [6, 6.07) is 2.16. The smallest absolute Gasteiger partial charge is 0.227 e. The number of hydrogen-bond donors (Lipinski definition) is 1. The Bertz CT molecular complexity index is 771. The van der Waals surface area contributed by atoms with Gasteiger partial charge in [0.2, 0.25) is 5.91 Å². The first-order chi connectivity index (χ1) is 13.8. The molecule has 1 saturated carbocycles. The van der Waals surface area contributed by atoms with E-state index in [1.165, 1.54) is 75.3 Å². The van der Waals surface area contributed by atoms with Crippen LogP contribution in [0.4, 0.5) is 11.4 Å². The summed E-state index contributed by atoms with van der Waals surface area (Å²) in [5.74, 6) is 0.348. The SMILES string of the molecule is O=C(Nc1cnc2sccc2c1N1CCCCC1)C1CCCCCCCCC1. The Morgan fingerprint density at radius 2 is 1.61 bits per heavy atom. The van der Waals surface area contributed by atoms with Crippen molar-refractivity contribution in [2.45, 2.75) is 77.0 Å². The third-order valence-electron chi connectivity index (χ3n) is 6.37. The highest BCUT2D eigenvalue weighted by molar-refractivity contribution is 7.16. The van der Waals surface area contributed by atoms with Crippen LogP contribution in [-0.4, -0.2) is 24.0 Å². The molecule has 1 N–H and O–H groups in total. The number of piperidine rings is 1. The Hall–Kier alpha value is -1.62. The molecule has 0 aromatic carbocycles. The van der Waals surface area contributed by atoms with Crippen LogP contribution in [0.5, 0.6) is 0 Å². The van der Waals surface area contributed by atoms with Gasteiger partial charge >= 0.3 is 0 Å². The number of aromatic nitrogens is 1. The zero-order valence-electron chi connectivity index (χ0n) is 16.9. The largest absolute Gasteiger partial charge is 0.369 e. The number of rotatable bonds is 3. The van der Waals surface area contributed by atoms with Crippen LogP contribution < -0.4 is 10.2 Å². The fraction of sp³-hybridized carbons (Fsp3) is 0.652. The average molecular weight is 400 g/mol. The van der Waals surface area contributed by atoms with Crippen molar-refractivity contribution >= 4 is 38.8 Å². The Morgan fingerprint density at radius 1 is 0.964 bits per heavy atom. The number of hydrogen-bond acceptors (Lipinski definition) is 4. The number of carbonyl (C=O) groups excluding carboxylic acids is 1. The van der Waals surface area contributed by atoms with E-state index in [2.05, 4.69) is 26.6 Å². The van der Waals surface area contributed by atoms with E-state index in [9.17, 15) is 4.79 Å². The summed E-state index contributed by atoms with van der Waals surface area (Å²) in [6.45, 7) is 2.14. The highest BCUT2D eigenvalue weighted by atomic mass is 32.1. The molecule has 1 aliphatic heterocycles. The molecule has 1 aliphatic carbocycles. The Balaban J connectivity index is 1.55. The van der Waals surface area contributed by atoms with Gasteiger partial charge in [-0.1, -0.05) is 44.9 Å². The maximum atomic E-state index is 13.2. The van der Waals surface area contributed by atoms with Gasteiger partial charge in [-0.3, -0.25) is 4.79 Å². The number of amides is 1. The first-order valence-electron chi connectivity index (χ1n) is 11.2. The van der Waals surface area contributed by atoms with E-state index in [4.69, 9.17) is 0 Å². The molecule has 28 heavy (non-hydrogen) atoms. The molecule has 152 valence electrons. The van der Waals surface area contributed by atoms with Gasteiger partial charge in [-0.2, -0.15) is 0 Å². The molecule has 1 saturated heterocycles. The molecule has 0 atom stereocenters. The van der Waals surface area contributed by atoms with E-state index >= 15 is 0 Å². The number of pyridine rings is 1. The molecule has 0 spiro atoms. The Labute approximate surface area is 172 Å². The standard InChI is InChI=1S/C23H33N3OS/c27-22(18-11-7-4-2-1-3-5-8-12-18)25-20-17-24-23-19(13-16-28-23)21(20)26-14-9-6-10-15-26/h13,16-18H,1-12,14-15H2,(H,25,27). The van der Waals surface area contributed by atoms with Crippen LogP contribution in [0.3, 0.4) is 0 Å². The van der Waals surface area contributed by atoms with Crippen molar-refractivity contribution < 1.29 is 4.79 Å². The van der Waals surface area contributed by atoms with Crippen LogP contribution in [0.15, 0.2) is 17.6 Å². The number of fused-ring (bicyclic) bond motifs is 1. The van der Waals surface area contributed by atoms with Crippen LogP contribution >= 0.6 is 11.3 Å². The molecule has 1 amide bonds. The first kappa shape index (κ1) is 19.7. The fourth-order valence-electron chi connectivity index (χ4n) is 4.77. The lowest BCUT2D eigenvalue weighted by molar-refractivity contribution is -0.120. The molecule has 2 aromatic rings. The van der Waals surface area contributed by atoms with Crippen molar-refractivity contribution in [3.05, 3.63) is 17.6 Å². The van der Waals surface area contributed by atoms with Crippen molar-refractivity contribution in [2.24, 2.45) is 5.92 Å². The lowest BCUT2D eigenvalue weighted by Gasteiger charge is -2.31. The third-order valence-corrected chi connectivity index (χ3v) is 7.19. The summed E-state index contributed by atoms with van der Waals surface area (Å²) in [6.07, 6.45) is 16.6. The van der Waals surface area contributed by atoms with Crippen LogP contribution in [0.25, 0.3) is 10.2 Å². The number of nitrogens with one attached hydrogen (secondary N) is 1. The summed E-state index contributed by atoms with van der Waals surface area (Å²) >= 11 is 1.68. The lowest BCUT2D eigenvalue weighted by Crippen LogP contribution is -2.31. The van der Waals surface area contributed by atoms with Crippen molar-refractivity contribution in [2.75, 3.05) is 23.3 Å². The van der Waals surface area contributed by atoms with Gasteiger partial charge in [0, 0.05) is 24.4 Å². The van der Waals surface area contributed by atoms with Crippen molar-refractivity contribution in [1.29, 1.82) is 0 Å². The minimum atomic E-state index is 0.144. The fourth-order valence-corrected chi connectivity index (χ4v) is 5.51. The minimum Gasteiger partial charge on any atom is -0.369 e. The van der Waals surface area contributed by atoms with E-state index in [-0.39, 0.29) is 11.8 Å². The van der Waals surface area contributed by atoms with Gasteiger partial charge in [0.25, 0.3) is 0 Å². The zero-order chi connectivity index (χ0) is 19.2. The van der Waals surface area contributed by atoms with E-state index in [0.717, 1.165) is 36.4 Å². The minimum absolute atomic E-state index is 0.144. The number of thiophene rings is 1. The molecular weight excluding hydrogens is 366 g/mol. The molecule has 2 aliphatic rings. The summed E-state index contributed by atoms with van der Waals surface area (Å²) in [7, 11) is 0. The second kappa shape index (κ2) is 9.73.